The van der Waals surface area contributed by atoms with E-state index in [1.54, 1.807) is 24.3 Å². The molecule has 5 nitrogen and oxygen atoms in total. The minimum absolute atomic E-state index is 0.0196. The monoisotopic (exact) mass is 405 g/mol. The van der Waals surface area contributed by atoms with Crippen LogP contribution in [0.4, 0.5) is 24.5 Å². The van der Waals surface area contributed by atoms with E-state index < -0.39 is 17.6 Å². The molecule has 29 heavy (non-hydrogen) atoms. The highest BCUT2D eigenvalue weighted by atomic mass is 19.4. The molecule has 0 saturated carbocycles. The van der Waals surface area contributed by atoms with Gasteiger partial charge in [-0.05, 0) is 61.7 Å². The van der Waals surface area contributed by atoms with Crippen LogP contribution in [0, 0.1) is 0 Å². The van der Waals surface area contributed by atoms with Crippen LogP contribution in [0.15, 0.2) is 48.5 Å². The summed E-state index contributed by atoms with van der Waals surface area (Å²) in [5.41, 5.74) is 0.498. The first-order chi connectivity index (χ1) is 13.8. The maximum absolute atomic E-state index is 12.7. The van der Waals surface area contributed by atoms with E-state index in [9.17, 15) is 22.8 Å². The number of alkyl halides is 3. The SMILES string of the molecule is O=C(CNc1cccc(C(F)(F)F)c1)Nc1ccc(C(=O)N2CCCCC2)cc1. The number of carbonyl (C=O) groups is 2. The summed E-state index contributed by atoms with van der Waals surface area (Å²) >= 11 is 0. The molecule has 0 aromatic heterocycles. The average molecular weight is 405 g/mol. The number of piperidine rings is 1. The number of benzene rings is 2. The number of hydrogen-bond donors (Lipinski definition) is 2. The van der Waals surface area contributed by atoms with Crippen molar-refractivity contribution in [2.24, 2.45) is 0 Å². The number of anilines is 2. The van der Waals surface area contributed by atoms with Crippen molar-refractivity contribution >= 4 is 23.2 Å². The molecule has 1 aliphatic heterocycles. The molecule has 154 valence electrons. The number of nitrogens with one attached hydrogen (secondary N) is 2. The molecule has 0 bridgehead atoms. The zero-order chi connectivity index (χ0) is 20.9. The second-order valence-corrected chi connectivity index (χ2v) is 6.91. The quantitative estimate of drug-likeness (QED) is 0.776. The Kier molecular flexibility index (Phi) is 6.41. The van der Waals surface area contributed by atoms with Crippen molar-refractivity contribution in [3.63, 3.8) is 0 Å². The Morgan fingerprint density at radius 3 is 2.28 bits per heavy atom. The van der Waals surface area contributed by atoms with Crippen LogP contribution in [0.5, 0.6) is 0 Å². The van der Waals surface area contributed by atoms with Gasteiger partial charge in [0.25, 0.3) is 5.91 Å². The topological polar surface area (TPSA) is 61.4 Å². The third kappa shape index (κ3) is 5.73. The van der Waals surface area contributed by atoms with E-state index in [1.165, 1.54) is 12.1 Å². The molecule has 1 heterocycles. The van der Waals surface area contributed by atoms with Crippen molar-refractivity contribution in [3.8, 4) is 0 Å². The van der Waals surface area contributed by atoms with Gasteiger partial charge < -0.3 is 15.5 Å². The van der Waals surface area contributed by atoms with E-state index >= 15 is 0 Å². The van der Waals surface area contributed by atoms with Crippen molar-refractivity contribution in [1.82, 2.24) is 4.90 Å². The number of carbonyl (C=O) groups excluding carboxylic acids is 2. The molecule has 8 heteroatoms. The minimum Gasteiger partial charge on any atom is -0.376 e. The Morgan fingerprint density at radius 2 is 1.62 bits per heavy atom. The Hall–Kier alpha value is -3.03. The summed E-state index contributed by atoms with van der Waals surface area (Å²) in [5, 5.41) is 5.33. The van der Waals surface area contributed by atoms with E-state index in [2.05, 4.69) is 10.6 Å². The number of amides is 2. The lowest BCUT2D eigenvalue weighted by molar-refractivity contribution is -0.137. The molecule has 0 radical (unpaired) electrons. The molecule has 1 saturated heterocycles. The summed E-state index contributed by atoms with van der Waals surface area (Å²) in [4.78, 5) is 26.3. The van der Waals surface area contributed by atoms with Gasteiger partial charge in [0.15, 0.2) is 0 Å². The van der Waals surface area contributed by atoms with Crippen LogP contribution in [0.2, 0.25) is 0 Å². The number of halogens is 3. The number of rotatable bonds is 5. The van der Waals surface area contributed by atoms with Gasteiger partial charge in [0, 0.05) is 30.0 Å². The van der Waals surface area contributed by atoms with Gasteiger partial charge in [0.2, 0.25) is 5.91 Å². The Morgan fingerprint density at radius 1 is 0.931 bits per heavy atom. The van der Waals surface area contributed by atoms with Crippen LogP contribution < -0.4 is 10.6 Å². The molecule has 0 atom stereocenters. The molecule has 1 aliphatic rings. The lowest BCUT2D eigenvalue weighted by Crippen LogP contribution is -2.35. The zero-order valence-corrected chi connectivity index (χ0v) is 15.8. The van der Waals surface area contributed by atoms with Crippen LogP contribution >= 0.6 is 0 Å². The second-order valence-electron chi connectivity index (χ2n) is 6.91. The largest absolute Gasteiger partial charge is 0.416 e. The number of likely N-dealkylation sites (tertiary alicyclic amines) is 1. The van der Waals surface area contributed by atoms with Gasteiger partial charge in [0.05, 0.1) is 12.1 Å². The smallest absolute Gasteiger partial charge is 0.376 e. The van der Waals surface area contributed by atoms with Crippen LogP contribution in [0.25, 0.3) is 0 Å². The van der Waals surface area contributed by atoms with Crippen molar-refractivity contribution in [3.05, 3.63) is 59.7 Å². The molecule has 2 aromatic carbocycles. The summed E-state index contributed by atoms with van der Waals surface area (Å²) in [6.07, 6.45) is -1.27. The molecule has 1 fully saturated rings. The summed E-state index contributed by atoms with van der Waals surface area (Å²) in [5.74, 6) is -0.425. The first kappa shape index (κ1) is 20.7. The van der Waals surface area contributed by atoms with Crippen LogP contribution in [0.1, 0.15) is 35.2 Å². The van der Waals surface area contributed by atoms with Crippen molar-refractivity contribution in [1.29, 1.82) is 0 Å². The third-order valence-electron chi connectivity index (χ3n) is 4.70. The third-order valence-corrected chi connectivity index (χ3v) is 4.70. The van der Waals surface area contributed by atoms with Crippen molar-refractivity contribution in [2.45, 2.75) is 25.4 Å². The van der Waals surface area contributed by atoms with E-state index in [1.807, 2.05) is 4.90 Å². The molecule has 2 N–H and O–H groups in total. The maximum atomic E-state index is 12.7. The predicted octanol–water partition coefficient (Wildman–Crippen LogP) is 4.38. The molecule has 0 aliphatic carbocycles. The lowest BCUT2D eigenvalue weighted by Gasteiger charge is -2.26. The number of nitrogens with zero attached hydrogens (tertiary/aromatic N) is 1. The van der Waals surface area contributed by atoms with Gasteiger partial charge in [-0.3, -0.25) is 9.59 Å². The van der Waals surface area contributed by atoms with E-state index in [0.717, 1.165) is 44.5 Å². The summed E-state index contributed by atoms with van der Waals surface area (Å²) in [6, 6.07) is 11.3. The van der Waals surface area contributed by atoms with Gasteiger partial charge >= 0.3 is 6.18 Å². The van der Waals surface area contributed by atoms with Crippen LogP contribution in [-0.2, 0) is 11.0 Å². The normalized spacial score (nSPS) is 14.4. The highest BCUT2D eigenvalue weighted by Crippen LogP contribution is 2.30. The van der Waals surface area contributed by atoms with Crippen LogP contribution in [0.3, 0.4) is 0 Å². The van der Waals surface area contributed by atoms with Crippen LogP contribution in [-0.4, -0.2) is 36.3 Å². The molecular weight excluding hydrogens is 383 g/mol. The first-order valence-electron chi connectivity index (χ1n) is 9.43. The molecule has 2 amide bonds. The Bertz CT molecular complexity index is 860. The first-order valence-corrected chi connectivity index (χ1v) is 9.43. The van der Waals surface area contributed by atoms with Gasteiger partial charge in [-0.1, -0.05) is 6.07 Å². The van der Waals surface area contributed by atoms with E-state index in [-0.39, 0.29) is 18.1 Å². The summed E-state index contributed by atoms with van der Waals surface area (Å²) in [6.45, 7) is 1.34. The lowest BCUT2D eigenvalue weighted by atomic mass is 10.1. The Balaban J connectivity index is 1.52. The molecule has 0 spiro atoms. The van der Waals surface area contributed by atoms with Gasteiger partial charge in [-0.2, -0.15) is 13.2 Å². The summed E-state index contributed by atoms with van der Waals surface area (Å²) in [7, 11) is 0. The van der Waals surface area contributed by atoms with Gasteiger partial charge in [-0.25, -0.2) is 0 Å². The van der Waals surface area contributed by atoms with Gasteiger partial charge in [-0.15, -0.1) is 0 Å². The van der Waals surface area contributed by atoms with Gasteiger partial charge in [0.1, 0.15) is 0 Å². The molecule has 3 rings (SSSR count). The zero-order valence-electron chi connectivity index (χ0n) is 15.8. The maximum Gasteiger partial charge on any atom is 0.416 e. The fraction of sp³-hybridized carbons (Fsp3) is 0.333. The summed E-state index contributed by atoms with van der Waals surface area (Å²) < 4.78 is 38.2. The standard InChI is InChI=1S/C21H22F3N3O2/c22-21(23,24)16-5-4-6-18(13-16)25-14-19(28)26-17-9-7-15(8-10-17)20(29)27-11-2-1-3-12-27/h4-10,13,25H,1-3,11-12,14H2,(H,26,28). The molecule has 2 aromatic rings. The average Bonchev–Trinajstić information content (AvgIpc) is 2.72. The molecule has 0 unspecified atom stereocenters. The number of hydrogen-bond acceptors (Lipinski definition) is 3. The predicted molar refractivity (Wildman–Crippen MR) is 105 cm³/mol. The highest BCUT2D eigenvalue weighted by Gasteiger charge is 2.30. The van der Waals surface area contributed by atoms with Crippen molar-refractivity contribution < 1.29 is 22.8 Å². The second kappa shape index (κ2) is 8.98. The Labute approximate surface area is 166 Å². The minimum atomic E-state index is -4.44. The fourth-order valence-electron chi connectivity index (χ4n) is 3.17. The fourth-order valence-corrected chi connectivity index (χ4v) is 3.17. The van der Waals surface area contributed by atoms with E-state index in [4.69, 9.17) is 0 Å². The van der Waals surface area contributed by atoms with Crippen molar-refractivity contribution in [2.75, 3.05) is 30.3 Å². The van der Waals surface area contributed by atoms with E-state index in [0.29, 0.717) is 11.3 Å². The highest BCUT2D eigenvalue weighted by molar-refractivity contribution is 5.96. The molecular formula is C21H22F3N3O2.